The van der Waals surface area contributed by atoms with Crippen LogP contribution >= 0.6 is 0 Å². The maximum absolute atomic E-state index is 13.3. The van der Waals surface area contributed by atoms with Gasteiger partial charge in [0.25, 0.3) is 0 Å². The van der Waals surface area contributed by atoms with E-state index in [0.717, 1.165) is 0 Å². The number of hydrogen-bond acceptors (Lipinski definition) is 2. The van der Waals surface area contributed by atoms with Crippen molar-refractivity contribution < 1.29 is 9.18 Å². The molecule has 0 aliphatic heterocycles. The molecule has 3 heteroatoms. The Hall–Kier alpha value is -1.47. The summed E-state index contributed by atoms with van der Waals surface area (Å²) in [7, 11) is 0. The number of benzene rings is 1. The van der Waals surface area contributed by atoms with Gasteiger partial charge in [-0.3, -0.25) is 0 Å². The van der Waals surface area contributed by atoms with Gasteiger partial charge in [-0.2, -0.15) is 0 Å². The summed E-state index contributed by atoms with van der Waals surface area (Å²) >= 11 is 0. The lowest BCUT2D eigenvalue weighted by atomic mass is 10.1. The first-order chi connectivity index (χ1) is 6.25. The van der Waals surface area contributed by atoms with E-state index in [9.17, 15) is 9.18 Å². The minimum atomic E-state index is -0.205. The van der Waals surface area contributed by atoms with Gasteiger partial charge < -0.3 is 0 Å². The average Bonchev–Trinajstić information content (AvgIpc) is 2.13. The van der Waals surface area contributed by atoms with E-state index in [0.29, 0.717) is 24.1 Å². The van der Waals surface area contributed by atoms with Crippen molar-refractivity contribution in [2.24, 2.45) is 4.99 Å². The zero-order valence-corrected chi connectivity index (χ0v) is 7.38. The molecule has 0 unspecified atom stereocenters. The molecule has 0 heterocycles. The molecule has 0 saturated carbocycles. The van der Waals surface area contributed by atoms with Crippen molar-refractivity contribution >= 4 is 6.08 Å². The van der Waals surface area contributed by atoms with Crippen molar-refractivity contribution in [2.45, 2.75) is 13.3 Å². The summed E-state index contributed by atoms with van der Waals surface area (Å²) < 4.78 is 13.3. The molecule has 68 valence electrons. The summed E-state index contributed by atoms with van der Waals surface area (Å²) in [5.41, 5.74) is 1.21. The molecule has 1 aromatic carbocycles. The van der Waals surface area contributed by atoms with Crippen LogP contribution in [0.4, 0.5) is 4.39 Å². The van der Waals surface area contributed by atoms with Gasteiger partial charge in [0.05, 0.1) is 6.54 Å². The molecule has 0 aliphatic rings. The predicted octanol–water partition coefficient (Wildman–Crippen LogP) is 2.01. The number of carbonyl (C=O) groups excluding carboxylic acids is 1. The molecule has 0 saturated heterocycles. The van der Waals surface area contributed by atoms with E-state index in [4.69, 9.17) is 0 Å². The van der Waals surface area contributed by atoms with Gasteiger partial charge >= 0.3 is 0 Å². The van der Waals surface area contributed by atoms with Crippen molar-refractivity contribution in [1.29, 1.82) is 0 Å². The fraction of sp³-hybridized carbons (Fsp3) is 0.300. The van der Waals surface area contributed by atoms with Crippen LogP contribution in [0.2, 0.25) is 0 Å². The van der Waals surface area contributed by atoms with Crippen LogP contribution < -0.4 is 0 Å². The summed E-state index contributed by atoms with van der Waals surface area (Å²) in [6, 6.07) is 5.20. The Labute approximate surface area is 76.1 Å². The molecule has 0 aromatic heterocycles. The van der Waals surface area contributed by atoms with Gasteiger partial charge in [-0.15, -0.1) is 0 Å². The second kappa shape index (κ2) is 4.53. The van der Waals surface area contributed by atoms with E-state index in [1.165, 1.54) is 6.08 Å². The molecule has 0 aliphatic carbocycles. The maximum atomic E-state index is 13.3. The van der Waals surface area contributed by atoms with Crippen molar-refractivity contribution in [3.63, 3.8) is 0 Å². The van der Waals surface area contributed by atoms with Gasteiger partial charge in [-0.05, 0) is 24.5 Å². The van der Waals surface area contributed by atoms with Crippen molar-refractivity contribution in [3.05, 3.63) is 35.1 Å². The zero-order chi connectivity index (χ0) is 9.68. The third-order valence-corrected chi connectivity index (χ3v) is 1.83. The smallest absolute Gasteiger partial charge is 0.211 e. The predicted molar refractivity (Wildman–Crippen MR) is 47.8 cm³/mol. The largest absolute Gasteiger partial charge is 0.234 e. The molecule has 2 nitrogen and oxygen atoms in total. The Morgan fingerprint density at radius 2 is 2.31 bits per heavy atom. The number of aliphatic imine (C=N–C) groups is 1. The maximum Gasteiger partial charge on any atom is 0.234 e. The Bertz CT molecular complexity index is 343. The minimum Gasteiger partial charge on any atom is -0.211 e. The normalized spacial score (nSPS) is 9.38. The molecule has 0 bridgehead atoms. The molecular formula is C10H10FNO. The Balaban J connectivity index is 2.76. The van der Waals surface area contributed by atoms with Gasteiger partial charge in [0.15, 0.2) is 0 Å². The lowest BCUT2D eigenvalue weighted by Gasteiger charge is -2.02. The van der Waals surface area contributed by atoms with E-state index in [1.807, 2.05) is 0 Å². The second-order valence-corrected chi connectivity index (χ2v) is 2.77. The minimum absolute atomic E-state index is 0.205. The monoisotopic (exact) mass is 179 g/mol. The van der Waals surface area contributed by atoms with Crippen molar-refractivity contribution in [3.8, 4) is 0 Å². The topological polar surface area (TPSA) is 29.4 Å². The lowest BCUT2D eigenvalue weighted by Crippen LogP contribution is -1.95. The number of hydrogen-bond donors (Lipinski definition) is 0. The number of rotatable bonds is 3. The highest BCUT2D eigenvalue weighted by Gasteiger charge is 2.02. The van der Waals surface area contributed by atoms with Crippen LogP contribution in [0.25, 0.3) is 0 Å². The molecule has 0 radical (unpaired) electrons. The van der Waals surface area contributed by atoms with Crippen LogP contribution in [0.15, 0.2) is 23.2 Å². The van der Waals surface area contributed by atoms with Gasteiger partial charge in [-0.1, -0.05) is 18.2 Å². The van der Waals surface area contributed by atoms with Gasteiger partial charge in [0.1, 0.15) is 5.82 Å². The lowest BCUT2D eigenvalue weighted by molar-refractivity contribution is 0.562. The molecule has 0 atom stereocenters. The van der Waals surface area contributed by atoms with Gasteiger partial charge in [-0.25, -0.2) is 14.2 Å². The van der Waals surface area contributed by atoms with E-state index in [-0.39, 0.29) is 5.82 Å². The van der Waals surface area contributed by atoms with E-state index in [1.54, 1.807) is 25.1 Å². The fourth-order valence-electron chi connectivity index (χ4n) is 1.12. The molecule has 13 heavy (non-hydrogen) atoms. The van der Waals surface area contributed by atoms with Crippen molar-refractivity contribution in [2.75, 3.05) is 6.54 Å². The van der Waals surface area contributed by atoms with E-state index in [2.05, 4.69) is 4.99 Å². The Morgan fingerprint density at radius 1 is 1.54 bits per heavy atom. The second-order valence-electron chi connectivity index (χ2n) is 2.77. The van der Waals surface area contributed by atoms with Crippen LogP contribution in [0.5, 0.6) is 0 Å². The first kappa shape index (κ1) is 9.62. The highest BCUT2D eigenvalue weighted by Crippen LogP contribution is 2.12. The third kappa shape index (κ3) is 2.49. The molecule has 0 fully saturated rings. The van der Waals surface area contributed by atoms with E-state index < -0.39 is 0 Å². The standard InChI is InChI=1S/C10H10FNO/c1-8-3-2-4-9(10(8)11)5-6-12-7-13/h2-4H,5-6H2,1H3. The first-order valence-corrected chi connectivity index (χ1v) is 4.03. The third-order valence-electron chi connectivity index (χ3n) is 1.83. The molecule has 1 rings (SSSR count). The van der Waals surface area contributed by atoms with Crippen molar-refractivity contribution in [1.82, 2.24) is 0 Å². The number of halogens is 1. The quantitative estimate of drug-likeness (QED) is 0.515. The summed E-state index contributed by atoms with van der Waals surface area (Å²) in [6.45, 7) is 2.01. The average molecular weight is 179 g/mol. The van der Waals surface area contributed by atoms with Crippen LogP contribution in [0.1, 0.15) is 11.1 Å². The molecule has 1 aromatic rings. The molecule has 0 spiro atoms. The summed E-state index contributed by atoms with van der Waals surface area (Å²) in [5.74, 6) is -0.205. The van der Waals surface area contributed by atoms with Crippen LogP contribution in [-0.4, -0.2) is 12.6 Å². The SMILES string of the molecule is Cc1cccc(CCN=C=O)c1F. The van der Waals surface area contributed by atoms with Crippen LogP contribution in [0, 0.1) is 12.7 Å². The highest BCUT2D eigenvalue weighted by atomic mass is 19.1. The summed E-state index contributed by atoms with van der Waals surface area (Å²) in [4.78, 5) is 13.1. The summed E-state index contributed by atoms with van der Waals surface area (Å²) in [6.07, 6.45) is 1.87. The first-order valence-electron chi connectivity index (χ1n) is 4.03. The fourth-order valence-corrected chi connectivity index (χ4v) is 1.12. The van der Waals surface area contributed by atoms with Crippen LogP contribution in [-0.2, 0) is 11.2 Å². The number of aryl methyl sites for hydroxylation is 1. The highest BCUT2D eigenvalue weighted by molar-refractivity contribution is 5.33. The van der Waals surface area contributed by atoms with Crippen LogP contribution in [0.3, 0.4) is 0 Å². The Morgan fingerprint density at radius 3 is 3.00 bits per heavy atom. The van der Waals surface area contributed by atoms with E-state index >= 15 is 0 Å². The van der Waals surface area contributed by atoms with Gasteiger partial charge in [0.2, 0.25) is 6.08 Å². The number of nitrogens with zero attached hydrogens (tertiary/aromatic N) is 1. The summed E-state index contributed by atoms with van der Waals surface area (Å²) in [5, 5.41) is 0. The molecule has 0 N–H and O–H groups in total. The van der Waals surface area contributed by atoms with Gasteiger partial charge in [0, 0.05) is 0 Å². The molecular weight excluding hydrogens is 169 g/mol. The molecule has 0 amide bonds. The zero-order valence-electron chi connectivity index (χ0n) is 7.38. The Kier molecular flexibility index (Phi) is 3.35. The number of isocyanates is 1.